The lowest BCUT2D eigenvalue weighted by Gasteiger charge is -2.39. The molecule has 222 valence electrons. The number of aryl methyl sites for hydroxylation is 1. The molecule has 1 aliphatic carbocycles. The summed E-state index contributed by atoms with van der Waals surface area (Å²) < 4.78 is 5.40. The number of hydrogen-bond donors (Lipinski definition) is 2. The van der Waals surface area contributed by atoms with E-state index in [4.69, 9.17) is 4.74 Å². The van der Waals surface area contributed by atoms with Gasteiger partial charge in [-0.2, -0.15) is 0 Å². The Bertz CT molecular complexity index is 1170. The van der Waals surface area contributed by atoms with Gasteiger partial charge in [0.2, 0.25) is 0 Å². The molecule has 0 atom stereocenters. The van der Waals surface area contributed by atoms with Crippen molar-refractivity contribution in [1.82, 2.24) is 4.90 Å². The Labute approximate surface area is 244 Å². The second kappa shape index (κ2) is 15.0. The number of esters is 1. The van der Waals surface area contributed by atoms with Crippen LogP contribution in [0.4, 0.5) is 5.69 Å². The maximum absolute atomic E-state index is 13.4. The van der Waals surface area contributed by atoms with Crippen LogP contribution in [0.15, 0.2) is 41.4 Å². The third kappa shape index (κ3) is 8.82. The highest BCUT2D eigenvalue weighted by molar-refractivity contribution is 5.95. The van der Waals surface area contributed by atoms with Gasteiger partial charge in [0.1, 0.15) is 18.1 Å². The van der Waals surface area contributed by atoms with E-state index in [-0.39, 0.29) is 30.0 Å². The first-order chi connectivity index (χ1) is 19.9. The first kappa shape index (κ1) is 30.6. The van der Waals surface area contributed by atoms with Crippen molar-refractivity contribution in [1.29, 1.82) is 0 Å². The van der Waals surface area contributed by atoms with Crippen LogP contribution in [0, 0.1) is 17.8 Å². The summed E-state index contributed by atoms with van der Waals surface area (Å²) >= 11 is 0. The number of carbonyl (C=O) groups excluding carboxylic acids is 2. The van der Waals surface area contributed by atoms with E-state index in [1.807, 2.05) is 23.2 Å². The van der Waals surface area contributed by atoms with Crippen LogP contribution >= 0.6 is 0 Å². The topological polar surface area (TPSA) is 99.4 Å². The highest BCUT2D eigenvalue weighted by Gasteiger charge is 2.32. The average molecular weight is 563 g/mol. The van der Waals surface area contributed by atoms with Gasteiger partial charge in [0, 0.05) is 37.4 Å². The molecule has 1 heterocycles. The van der Waals surface area contributed by atoms with Crippen molar-refractivity contribution in [2.45, 2.75) is 91.1 Å². The molecule has 2 N–H and O–H groups in total. The molecule has 7 nitrogen and oxygen atoms in total. The fourth-order valence-corrected chi connectivity index (χ4v) is 6.41. The minimum Gasteiger partial charge on any atom is -0.508 e. The third-order valence-electron chi connectivity index (χ3n) is 8.70. The van der Waals surface area contributed by atoms with Crippen LogP contribution in [0.5, 0.6) is 11.5 Å². The Kier molecular flexibility index (Phi) is 11.2. The number of ether oxygens (including phenoxy) is 1. The molecule has 2 fully saturated rings. The van der Waals surface area contributed by atoms with Gasteiger partial charge in [0.05, 0.1) is 5.69 Å². The number of unbranched alkanes of at least 4 members (excludes halogenated alkanes) is 1. The van der Waals surface area contributed by atoms with Crippen LogP contribution < -0.4 is 0 Å². The molecule has 0 aromatic heterocycles. The lowest BCUT2D eigenvalue weighted by molar-refractivity contribution is -0.146. The van der Waals surface area contributed by atoms with Crippen LogP contribution in [0.25, 0.3) is 0 Å². The molecule has 1 saturated carbocycles. The number of rotatable bonds is 11. The van der Waals surface area contributed by atoms with Crippen molar-refractivity contribution in [3.8, 4) is 11.5 Å². The predicted molar refractivity (Wildman–Crippen MR) is 162 cm³/mol. The maximum Gasteiger partial charge on any atom is 0.306 e. The number of hydrogen-bond acceptors (Lipinski definition) is 6. The quantitative estimate of drug-likeness (QED) is 0.220. The molecule has 2 aromatic carbocycles. The first-order valence-corrected chi connectivity index (χ1v) is 15.5. The molecule has 0 radical (unpaired) electrons. The lowest BCUT2D eigenvalue weighted by Crippen LogP contribution is -2.40. The van der Waals surface area contributed by atoms with Crippen LogP contribution in [-0.4, -0.2) is 46.3 Å². The summed E-state index contributed by atoms with van der Waals surface area (Å²) in [5.74, 6) is 1.41. The number of benzene rings is 2. The summed E-state index contributed by atoms with van der Waals surface area (Å²) in [4.78, 5) is 32.5. The van der Waals surface area contributed by atoms with Gasteiger partial charge in [-0.25, -0.2) is 0 Å². The number of amides is 1. The maximum atomic E-state index is 13.4. The number of phenols is 2. The Balaban J connectivity index is 1.21. The van der Waals surface area contributed by atoms with Crippen molar-refractivity contribution in [2.75, 3.05) is 13.1 Å². The number of likely N-dealkylation sites (tertiary alicyclic amines) is 1. The predicted octanol–water partition coefficient (Wildman–Crippen LogP) is 7.34. The van der Waals surface area contributed by atoms with E-state index in [2.05, 4.69) is 24.9 Å². The highest BCUT2D eigenvalue weighted by Crippen LogP contribution is 2.39. The minimum absolute atomic E-state index is 0.0453. The first-order valence-electron chi connectivity index (χ1n) is 15.5. The van der Waals surface area contributed by atoms with Crippen molar-refractivity contribution in [3.63, 3.8) is 0 Å². The van der Waals surface area contributed by atoms with Crippen molar-refractivity contribution in [2.24, 2.45) is 22.7 Å². The molecule has 2 aromatic rings. The van der Waals surface area contributed by atoms with Gasteiger partial charge < -0.3 is 19.8 Å². The van der Waals surface area contributed by atoms with Crippen LogP contribution in [0.1, 0.15) is 99.5 Å². The molecule has 2 aliphatic rings. The molecule has 0 bridgehead atoms. The van der Waals surface area contributed by atoms with Crippen molar-refractivity contribution < 1.29 is 24.5 Å². The molecule has 0 spiro atoms. The van der Waals surface area contributed by atoms with Gasteiger partial charge >= 0.3 is 5.97 Å². The number of carbonyl (C=O) groups is 2. The lowest BCUT2D eigenvalue weighted by atomic mass is 9.72. The van der Waals surface area contributed by atoms with E-state index in [1.54, 1.807) is 0 Å². The third-order valence-corrected chi connectivity index (χ3v) is 8.70. The van der Waals surface area contributed by atoms with E-state index in [0.717, 1.165) is 88.5 Å². The van der Waals surface area contributed by atoms with E-state index >= 15 is 0 Å². The molecule has 41 heavy (non-hydrogen) atoms. The van der Waals surface area contributed by atoms with E-state index in [0.29, 0.717) is 29.7 Å². The fourth-order valence-electron chi connectivity index (χ4n) is 6.41. The van der Waals surface area contributed by atoms with Crippen LogP contribution in [0.3, 0.4) is 0 Å². The van der Waals surface area contributed by atoms with Gasteiger partial charge in [0.15, 0.2) is 0 Å². The summed E-state index contributed by atoms with van der Waals surface area (Å²) in [5.41, 5.74) is 3.44. The van der Waals surface area contributed by atoms with Gasteiger partial charge in [-0.15, -0.1) is 0 Å². The second-order valence-corrected chi connectivity index (χ2v) is 11.8. The average Bonchev–Trinajstić information content (AvgIpc) is 2.97. The zero-order valence-electron chi connectivity index (χ0n) is 24.7. The molecule has 7 heteroatoms. The molecule has 0 unspecified atom stereocenters. The van der Waals surface area contributed by atoms with Gasteiger partial charge in [-0.3, -0.25) is 14.6 Å². The normalized spacial score (nSPS) is 19.9. The molecule has 4 rings (SSSR count). The largest absolute Gasteiger partial charge is 0.508 e. The van der Waals surface area contributed by atoms with Crippen molar-refractivity contribution in [3.05, 3.63) is 53.1 Å². The van der Waals surface area contributed by atoms with E-state index in [1.165, 1.54) is 23.8 Å². The van der Waals surface area contributed by atoms with Crippen LogP contribution in [-0.2, 0) is 22.6 Å². The van der Waals surface area contributed by atoms with Crippen LogP contribution in [0.2, 0.25) is 0 Å². The second-order valence-electron chi connectivity index (χ2n) is 11.8. The smallest absolute Gasteiger partial charge is 0.306 e. The fraction of sp³-hybridized carbons (Fsp3) is 0.559. The number of aromatic hydroxyl groups is 2. The SMILES string of the molecule is CCCC=Nc1cc(C(=O)N2CCC(C3CCC(CC(=O)OCc4cc(O)cc(O)c4)CC3)CC2)ccc1CCC. The number of aliphatic imine (C=N–C) groups is 1. The number of phenolic OH excluding ortho intramolecular Hbond substituents is 2. The van der Waals surface area contributed by atoms with Gasteiger partial charge in [0.25, 0.3) is 5.91 Å². The molecular formula is C34H46N2O5. The summed E-state index contributed by atoms with van der Waals surface area (Å²) in [7, 11) is 0. The zero-order valence-corrected chi connectivity index (χ0v) is 24.7. The Morgan fingerprint density at radius 1 is 0.927 bits per heavy atom. The Morgan fingerprint density at radius 2 is 1.61 bits per heavy atom. The Morgan fingerprint density at radius 3 is 2.27 bits per heavy atom. The van der Waals surface area contributed by atoms with Gasteiger partial charge in [-0.05, 0) is 105 Å². The summed E-state index contributed by atoms with van der Waals surface area (Å²) in [5, 5.41) is 19.2. The highest BCUT2D eigenvalue weighted by atomic mass is 16.5. The molecular weight excluding hydrogens is 516 g/mol. The van der Waals surface area contributed by atoms with Gasteiger partial charge in [-0.1, -0.05) is 32.8 Å². The number of piperidine rings is 1. The molecule has 1 aliphatic heterocycles. The summed E-state index contributed by atoms with van der Waals surface area (Å²) in [6.45, 7) is 5.94. The minimum atomic E-state index is -0.231. The van der Waals surface area contributed by atoms with Crippen molar-refractivity contribution >= 4 is 23.8 Å². The molecule has 1 saturated heterocycles. The Hall–Kier alpha value is -3.35. The standard InChI is InChI=1S/C34H46N2O5/c1-3-5-15-35-32-21-29(12-11-28(32)6-4-2)34(40)36-16-13-27(14-17-36)26-9-7-24(8-10-26)20-33(39)41-23-25-18-30(37)22-31(38)19-25/h11-12,15,18-19,21-22,24,26-27,37-38H,3-10,13-14,16-17,20,23H2,1-2H3. The zero-order chi connectivity index (χ0) is 29.2. The summed E-state index contributed by atoms with van der Waals surface area (Å²) in [6, 6.07) is 10.2. The summed E-state index contributed by atoms with van der Waals surface area (Å²) in [6.07, 6.45) is 12.8. The van der Waals surface area contributed by atoms with E-state index in [9.17, 15) is 19.8 Å². The van der Waals surface area contributed by atoms with E-state index < -0.39 is 0 Å². The molecule has 1 amide bonds. The monoisotopic (exact) mass is 562 g/mol. The number of nitrogens with zero attached hydrogens (tertiary/aromatic N) is 2.